The smallest absolute Gasteiger partial charge is 0.293 e. The van der Waals surface area contributed by atoms with Crippen molar-refractivity contribution >= 4 is 34.0 Å². The highest BCUT2D eigenvalue weighted by atomic mass is 127. The maximum Gasteiger partial charge on any atom is 0.293 e. The molecule has 0 aliphatic rings. The van der Waals surface area contributed by atoms with E-state index in [4.69, 9.17) is 4.74 Å². The summed E-state index contributed by atoms with van der Waals surface area (Å²) in [5.41, 5.74) is 0.258. The molecule has 1 N–H and O–H groups in total. The lowest BCUT2D eigenvalue weighted by atomic mass is 10.1. The van der Waals surface area contributed by atoms with Gasteiger partial charge in [0.2, 0.25) is 0 Å². The summed E-state index contributed by atoms with van der Waals surface area (Å²) in [5, 5.41) is 14.0. The number of benzene rings is 1. The Kier molecular flexibility index (Phi) is 5.33. The predicted molar refractivity (Wildman–Crippen MR) is 80.0 cm³/mol. The first-order valence-electron chi connectivity index (χ1n) is 5.67. The number of ether oxygens (including phenoxy) is 1. The first kappa shape index (κ1) is 15.2. The lowest BCUT2D eigenvalue weighted by Crippen LogP contribution is -2.33. The summed E-state index contributed by atoms with van der Waals surface area (Å²) < 4.78 is 6.38. The Morgan fingerprint density at radius 3 is 2.72 bits per heavy atom. The lowest BCUT2D eigenvalue weighted by molar-refractivity contribution is -0.384. The van der Waals surface area contributed by atoms with Gasteiger partial charge >= 0.3 is 0 Å². The van der Waals surface area contributed by atoms with Crippen molar-refractivity contribution < 1.29 is 9.66 Å². The molecule has 0 spiro atoms. The van der Waals surface area contributed by atoms with E-state index < -0.39 is 0 Å². The number of nitrogens with zero attached hydrogens (tertiary/aromatic N) is 1. The van der Waals surface area contributed by atoms with E-state index in [2.05, 4.69) is 27.9 Å². The topological polar surface area (TPSA) is 64.4 Å². The van der Waals surface area contributed by atoms with Crippen LogP contribution in [0.3, 0.4) is 0 Å². The van der Waals surface area contributed by atoms with Gasteiger partial charge in [-0.1, -0.05) is 0 Å². The van der Waals surface area contributed by atoms with Gasteiger partial charge < -0.3 is 10.1 Å². The van der Waals surface area contributed by atoms with Crippen molar-refractivity contribution in [1.82, 2.24) is 0 Å². The minimum atomic E-state index is -0.377. The van der Waals surface area contributed by atoms with Crippen molar-refractivity contribution in [1.29, 1.82) is 0 Å². The number of halogens is 1. The van der Waals surface area contributed by atoms with Gasteiger partial charge in [-0.25, -0.2) is 0 Å². The Labute approximate surface area is 120 Å². The number of anilines is 1. The molecular formula is C12H17IN2O3. The van der Waals surface area contributed by atoms with Crippen LogP contribution in [0.2, 0.25) is 0 Å². The van der Waals surface area contributed by atoms with E-state index in [1.54, 1.807) is 12.1 Å². The van der Waals surface area contributed by atoms with E-state index in [1.807, 2.05) is 26.8 Å². The van der Waals surface area contributed by atoms with Crippen LogP contribution in [0.15, 0.2) is 18.2 Å². The molecule has 0 aromatic heterocycles. The maximum absolute atomic E-state index is 11.0. The molecule has 1 aromatic carbocycles. The van der Waals surface area contributed by atoms with Crippen LogP contribution < -0.4 is 5.32 Å². The van der Waals surface area contributed by atoms with Crippen LogP contribution in [0.5, 0.6) is 0 Å². The number of nitro benzene ring substituents is 1. The van der Waals surface area contributed by atoms with Gasteiger partial charge in [0.1, 0.15) is 5.69 Å². The van der Waals surface area contributed by atoms with E-state index in [1.165, 1.54) is 0 Å². The third kappa shape index (κ3) is 4.41. The van der Waals surface area contributed by atoms with Gasteiger partial charge in [-0.05, 0) is 55.5 Å². The standard InChI is InChI=1S/C12H17IN2O3/c1-4-18-12(2,3)8-14-10-6-5-9(13)7-11(10)15(16)17/h5-7,14H,4,8H2,1-3H3. The molecule has 18 heavy (non-hydrogen) atoms. The van der Waals surface area contributed by atoms with Gasteiger partial charge in [0.05, 0.1) is 10.5 Å². The number of hydrogen-bond acceptors (Lipinski definition) is 4. The Morgan fingerprint density at radius 1 is 1.50 bits per heavy atom. The largest absolute Gasteiger partial charge is 0.377 e. The summed E-state index contributed by atoms with van der Waals surface area (Å²) in [7, 11) is 0. The highest BCUT2D eigenvalue weighted by Gasteiger charge is 2.20. The van der Waals surface area contributed by atoms with Crippen LogP contribution in [-0.4, -0.2) is 23.7 Å². The highest BCUT2D eigenvalue weighted by molar-refractivity contribution is 14.1. The molecular weight excluding hydrogens is 347 g/mol. The fourth-order valence-corrected chi connectivity index (χ4v) is 2.03. The normalized spacial score (nSPS) is 11.3. The van der Waals surface area contributed by atoms with Crippen LogP contribution >= 0.6 is 22.6 Å². The number of nitro groups is 1. The van der Waals surface area contributed by atoms with Gasteiger partial charge in [-0.2, -0.15) is 0 Å². The molecule has 0 bridgehead atoms. The zero-order valence-electron chi connectivity index (χ0n) is 10.7. The molecule has 0 fully saturated rings. The molecule has 0 saturated heterocycles. The molecule has 0 unspecified atom stereocenters. The van der Waals surface area contributed by atoms with Gasteiger partial charge in [-0.3, -0.25) is 10.1 Å². The Morgan fingerprint density at radius 2 is 2.17 bits per heavy atom. The van der Waals surface area contributed by atoms with Gasteiger partial charge in [0.25, 0.3) is 5.69 Å². The molecule has 0 atom stereocenters. The SMILES string of the molecule is CCOC(C)(C)CNc1ccc(I)cc1[N+](=O)[O-]. The molecule has 0 heterocycles. The molecule has 100 valence electrons. The minimum absolute atomic E-state index is 0.0919. The average Bonchev–Trinajstić information content (AvgIpc) is 2.27. The van der Waals surface area contributed by atoms with Gasteiger partial charge in [-0.15, -0.1) is 0 Å². The molecule has 1 aromatic rings. The summed E-state index contributed by atoms with van der Waals surface area (Å²) in [6, 6.07) is 5.11. The zero-order valence-corrected chi connectivity index (χ0v) is 12.9. The van der Waals surface area contributed by atoms with Crippen molar-refractivity contribution in [2.45, 2.75) is 26.4 Å². The van der Waals surface area contributed by atoms with E-state index in [0.717, 1.165) is 3.57 Å². The van der Waals surface area contributed by atoms with E-state index in [-0.39, 0.29) is 16.2 Å². The van der Waals surface area contributed by atoms with Crippen LogP contribution in [0.25, 0.3) is 0 Å². The van der Waals surface area contributed by atoms with Crippen LogP contribution in [-0.2, 0) is 4.74 Å². The molecule has 1 rings (SSSR count). The summed E-state index contributed by atoms with van der Waals surface area (Å²) in [5.74, 6) is 0. The second kappa shape index (κ2) is 6.33. The maximum atomic E-state index is 11.0. The predicted octanol–water partition coefficient (Wildman–Crippen LogP) is 3.43. The molecule has 0 amide bonds. The summed E-state index contributed by atoms with van der Waals surface area (Å²) >= 11 is 2.06. The van der Waals surface area contributed by atoms with Crippen molar-refractivity contribution in [3.05, 3.63) is 31.9 Å². The summed E-state index contributed by atoms with van der Waals surface area (Å²) in [6.07, 6.45) is 0. The van der Waals surface area contributed by atoms with Crippen molar-refractivity contribution in [2.24, 2.45) is 0 Å². The highest BCUT2D eigenvalue weighted by Crippen LogP contribution is 2.27. The van der Waals surface area contributed by atoms with Gasteiger partial charge in [0, 0.05) is 22.8 Å². The molecule has 5 nitrogen and oxygen atoms in total. The van der Waals surface area contributed by atoms with E-state index in [9.17, 15) is 10.1 Å². The van der Waals surface area contributed by atoms with E-state index >= 15 is 0 Å². The average molecular weight is 364 g/mol. The van der Waals surface area contributed by atoms with Crippen LogP contribution in [0, 0.1) is 13.7 Å². The van der Waals surface area contributed by atoms with Crippen molar-refractivity contribution in [2.75, 3.05) is 18.5 Å². The second-order valence-electron chi connectivity index (χ2n) is 4.46. The van der Waals surface area contributed by atoms with E-state index in [0.29, 0.717) is 18.8 Å². The quantitative estimate of drug-likeness (QED) is 0.477. The fourth-order valence-electron chi connectivity index (χ4n) is 1.56. The van der Waals surface area contributed by atoms with Crippen LogP contribution in [0.4, 0.5) is 11.4 Å². The third-order valence-electron chi connectivity index (χ3n) is 2.40. The van der Waals surface area contributed by atoms with Gasteiger partial charge in [0.15, 0.2) is 0 Å². The van der Waals surface area contributed by atoms with Crippen molar-refractivity contribution in [3.8, 4) is 0 Å². The molecule has 0 radical (unpaired) electrons. The first-order chi connectivity index (χ1) is 8.35. The monoisotopic (exact) mass is 364 g/mol. The summed E-state index contributed by atoms with van der Waals surface area (Å²) in [4.78, 5) is 10.6. The number of rotatable bonds is 6. The molecule has 6 heteroatoms. The fraction of sp³-hybridized carbons (Fsp3) is 0.500. The molecule has 0 aliphatic heterocycles. The molecule has 0 aliphatic carbocycles. The minimum Gasteiger partial charge on any atom is -0.377 e. The molecule has 0 saturated carbocycles. The van der Waals surface area contributed by atoms with Crippen molar-refractivity contribution in [3.63, 3.8) is 0 Å². The first-order valence-corrected chi connectivity index (χ1v) is 6.75. The van der Waals surface area contributed by atoms with Crippen LogP contribution in [0.1, 0.15) is 20.8 Å². The Bertz CT molecular complexity index is 435. The lowest BCUT2D eigenvalue weighted by Gasteiger charge is -2.25. The zero-order chi connectivity index (χ0) is 13.8. The number of nitrogens with one attached hydrogen (secondary N) is 1. The second-order valence-corrected chi connectivity index (χ2v) is 5.71. The Hall–Kier alpha value is -0.890. The third-order valence-corrected chi connectivity index (χ3v) is 3.07. The summed E-state index contributed by atoms with van der Waals surface area (Å²) in [6.45, 7) is 6.95. The number of hydrogen-bond donors (Lipinski definition) is 1. The Balaban J connectivity index is 2.82.